The molecule has 3 unspecified atom stereocenters. The minimum Gasteiger partial charge on any atom is -0.466 e. The average molecular weight is 591 g/mol. The first kappa shape index (κ1) is 37.6. The monoisotopic (exact) mass is 590 g/mol. The molecular weight excluding hydrogens is 544 g/mol. The Labute approximate surface area is 240 Å². The van der Waals surface area contributed by atoms with Crippen molar-refractivity contribution in [2.45, 2.75) is 90.2 Å². The molecule has 3 atom stereocenters. The molecule has 0 aromatic heterocycles. The molecule has 0 spiro atoms. The number of hydrogen-bond donors (Lipinski definition) is 3. The number of ketones is 3. The van der Waals surface area contributed by atoms with Gasteiger partial charge in [-0.15, -0.1) is 0 Å². The highest BCUT2D eigenvalue weighted by atomic mass is 32.2. The number of carbonyl (C=O) groups is 6. The fourth-order valence-electron chi connectivity index (χ4n) is 3.37. The molecule has 0 aliphatic heterocycles. The summed E-state index contributed by atoms with van der Waals surface area (Å²) >= 11 is 1.35. The molecule has 0 saturated heterocycles. The molecule has 0 aromatic rings. The first-order chi connectivity index (χ1) is 19.0. The van der Waals surface area contributed by atoms with E-state index in [9.17, 15) is 33.9 Å². The minimum atomic E-state index is -0.858. The first-order valence-electron chi connectivity index (χ1n) is 13.8. The maximum Gasteiger partial charge on any atom is 0.305 e. The molecule has 40 heavy (non-hydrogen) atoms. The Morgan fingerprint density at radius 2 is 1.52 bits per heavy atom. The van der Waals surface area contributed by atoms with E-state index in [0.717, 1.165) is 0 Å². The van der Waals surface area contributed by atoms with Crippen LogP contribution in [0.3, 0.4) is 0 Å². The number of aliphatic hydroxyl groups is 1. The number of amides is 1. The minimum absolute atomic E-state index is 0.00490. The van der Waals surface area contributed by atoms with Crippen LogP contribution in [0.25, 0.3) is 0 Å². The number of carbonyl (C=O) groups excluding carboxylic acids is 6. The summed E-state index contributed by atoms with van der Waals surface area (Å²) in [5.74, 6) is -2.12. The lowest BCUT2D eigenvalue weighted by Crippen LogP contribution is -2.36. The maximum atomic E-state index is 12.6. The van der Waals surface area contributed by atoms with Gasteiger partial charge in [0, 0.05) is 69.0 Å². The first-order valence-corrected chi connectivity index (χ1v) is 14.9. The van der Waals surface area contributed by atoms with Gasteiger partial charge in [0.1, 0.15) is 17.7 Å². The van der Waals surface area contributed by atoms with E-state index in [1.165, 1.54) is 11.8 Å². The molecule has 0 saturated carbocycles. The SMILES string of the molecule is CCC(=O)OCCCC(CSCC(N)C(=O)CC(CO)C(=O)CCCOCCC(=O)CCC(N)=O)OC(=O)CC. The standard InChI is InChI=1S/C27H46N2O10S/c1-3-26(35)38-13-5-7-21(39-27(36)4-2)17-40-18-22(28)24(33)15-19(16-30)23(32)8-6-12-37-14-11-20(31)9-10-25(29)34/h19,21-22,30H,3-18,28H2,1-2H3,(H2,29,34). The van der Waals surface area contributed by atoms with Crippen molar-refractivity contribution in [2.75, 3.05) is 37.9 Å². The molecular formula is C27H46N2O10S. The third-order valence-corrected chi connectivity index (χ3v) is 7.04. The summed E-state index contributed by atoms with van der Waals surface area (Å²) in [6.45, 7) is 3.56. The van der Waals surface area contributed by atoms with Crippen molar-refractivity contribution < 1.29 is 48.1 Å². The van der Waals surface area contributed by atoms with Crippen molar-refractivity contribution in [3.63, 3.8) is 0 Å². The van der Waals surface area contributed by atoms with Crippen molar-refractivity contribution in [1.29, 1.82) is 0 Å². The zero-order valence-electron chi connectivity index (χ0n) is 23.7. The van der Waals surface area contributed by atoms with Crippen LogP contribution in [0.15, 0.2) is 0 Å². The van der Waals surface area contributed by atoms with E-state index in [2.05, 4.69) is 0 Å². The van der Waals surface area contributed by atoms with Crippen molar-refractivity contribution in [2.24, 2.45) is 17.4 Å². The van der Waals surface area contributed by atoms with Gasteiger partial charge in [0.25, 0.3) is 0 Å². The second-order valence-electron chi connectivity index (χ2n) is 9.31. The fourth-order valence-corrected chi connectivity index (χ4v) is 4.44. The molecule has 0 radical (unpaired) electrons. The van der Waals surface area contributed by atoms with Gasteiger partial charge in [-0.3, -0.25) is 28.8 Å². The molecule has 230 valence electrons. The van der Waals surface area contributed by atoms with Gasteiger partial charge >= 0.3 is 11.9 Å². The van der Waals surface area contributed by atoms with Gasteiger partial charge in [0.15, 0.2) is 5.78 Å². The maximum absolute atomic E-state index is 12.6. The van der Waals surface area contributed by atoms with Crippen LogP contribution >= 0.6 is 11.8 Å². The molecule has 12 nitrogen and oxygen atoms in total. The van der Waals surface area contributed by atoms with Gasteiger partial charge in [-0.2, -0.15) is 11.8 Å². The molecule has 0 rings (SSSR count). The van der Waals surface area contributed by atoms with Crippen LogP contribution in [0, 0.1) is 5.92 Å². The van der Waals surface area contributed by atoms with E-state index in [1.807, 2.05) is 0 Å². The summed E-state index contributed by atoms with van der Waals surface area (Å²) in [6, 6.07) is -0.852. The number of primary amides is 1. The van der Waals surface area contributed by atoms with Gasteiger partial charge in [-0.1, -0.05) is 13.8 Å². The quantitative estimate of drug-likeness (QED) is 0.0962. The third-order valence-electron chi connectivity index (χ3n) is 5.83. The van der Waals surface area contributed by atoms with Crippen LogP contribution < -0.4 is 11.5 Å². The highest BCUT2D eigenvalue weighted by Crippen LogP contribution is 2.16. The van der Waals surface area contributed by atoms with E-state index in [4.69, 9.17) is 25.7 Å². The molecule has 1 amide bonds. The van der Waals surface area contributed by atoms with E-state index >= 15 is 0 Å². The third kappa shape index (κ3) is 19.7. The largest absolute Gasteiger partial charge is 0.466 e. The molecule has 0 aromatic carbocycles. The Morgan fingerprint density at radius 1 is 0.825 bits per heavy atom. The topological polar surface area (TPSA) is 202 Å². The van der Waals surface area contributed by atoms with Crippen molar-refractivity contribution in [1.82, 2.24) is 0 Å². The zero-order chi connectivity index (χ0) is 30.3. The Morgan fingerprint density at radius 3 is 2.15 bits per heavy atom. The number of nitrogens with two attached hydrogens (primary N) is 2. The Kier molecular flexibility index (Phi) is 22.0. The number of rotatable bonds is 26. The average Bonchev–Trinajstić information content (AvgIpc) is 2.93. The molecule has 13 heteroatoms. The van der Waals surface area contributed by atoms with Crippen molar-refractivity contribution >= 4 is 47.0 Å². The summed E-state index contributed by atoms with van der Waals surface area (Å²) in [4.78, 5) is 70.3. The lowest BCUT2D eigenvalue weighted by atomic mass is 9.93. The van der Waals surface area contributed by atoms with Crippen LogP contribution in [0.2, 0.25) is 0 Å². The van der Waals surface area contributed by atoms with E-state index < -0.39 is 30.6 Å². The van der Waals surface area contributed by atoms with Gasteiger partial charge in [0.2, 0.25) is 5.91 Å². The van der Waals surface area contributed by atoms with E-state index in [0.29, 0.717) is 25.0 Å². The highest BCUT2D eigenvalue weighted by molar-refractivity contribution is 7.99. The number of thioether (sulfide) groups is 1. The van der Waals surface area contributed by atoms with Crippen LogP contribution in [-0.4, -0.2) is 90.4 Å². The number of aliphatic hydroxyl groups excluding tert-OH is 1. The number of Topliss-reactive ketones (excluding diaryl/α,β-unsaturated/α-hetero) is 3. The van der Waals surface area contributed by atoms with Crippen LogP contribution in [0.5, 0.6) is 0 Å². The fraction of sp³-hybridized carbons (Fsp3) is 0.778. The van der Waals surface area contributed by atoms with Crippen LogP contribution in [0.4, 0.5) is 0 Å². The molecule has 0 bridgehead atoms. The smallest absolute Gasteiger partial charge is 0.305 e. The van der Waals surface area contributed by atoms with Crippen molar-refractivity contribution in [3.05, 3.63) is 0 Å². The molecule has 0 aliphatic carbocycles. The summed E-state index contributed by atoms with van der Waals surface area (Å²) in [7, 11) is 0. The van der Waals surface area contributed by atoms with Gasteiger partial charge in [-0.25, -0.2) is 0 Å². The second kappa shape index (κ2) is 23.4. The normalized spacial score (nSPS) is 13.2. The Hall–Kier alpha value is -2.35. The zero-order valence-corrected chi connectivity index (χ0v) is 24.5. The number of hydrogen-bond acceptors (Lipinski definition) is 12. The number of ether oxygens (including phenoxy) is 3. The predicted octanol–water partition coefficient (Wildman–Crippen LogP) is 1.26. The van der Waals surface area contributed by atoms with Crippen molar-refractivity contribution in [3.8, 4) is 0 Å². The second-order valence-corrected chi connectivity index (χ2v) is 10.4. The molecule has 0 aliphatic rings. The van der Waals surface area contributed by atoms with E-state index in [-0.39, 0.29) is 99.8 Å². The molecule has 5 N–H and O–H groups in total. The predicted molar refractivity (Wildman–Crippen MR) is 149 cm³/mol. The lowest BCUT2D eigenvalue weighted by molar-refractivity contribution is -0.149. The molecule has 0 heterocycles. The van der Waals surface area contributed by atoms with Crippen LogP contribution in [-0.2, 0) is 43.0 Å². The van der Waals surface area contributed by atoms with Crippen LogP contribution in [0.1, 0.15) is 78.1 Å². The van der Waals surface area contributed by atoms with Gasteiger partial charge in [0.05, 0.1) is 25.9 Å². The Bertz CT molecular complexity index is 808. The summed E-state index contributed by atoms with van der Waals surface area (Å²) in [5.41, 5.74) is 11.0. The van der Waals surface area contributed by atoms with Gasteiger partial charge < -0.3 is 30.8 Å². The summed E-state index contributed by atoms with van der Waals surface area (Å²) in [6.07, 6.45) is 1.66. The molecule has 0 fully saturated rings. The lowest BCUT2D eigenvalue weighted by Gasteiger charge is -2.19. The highest BCUT2D eigenvalue weighted by Gasteiger charge is 2.24. The summed E-state index contributed by atoms with van der Waals surface area (Å²) < 4.78 is 15.8. The Balaban J connectivity index is 4.37. The van der Waals surface area contributed by atoms with Gasteiger partial charge in [-0.05, 0) is 19.3 Å². The summed E-state index contributed by atoms with van der Waals surface area (Å²) in [5, 5.41) is 9.63. The number of esters is 2. The van der Waals surface area contributed by atoms with E-state index in [1.54, 1.807) is 13.8 Å².